The van der Waals surface area contributed by atoms with Gasteiger partial charge in [-0.15, -0.1) is 23.1 Å². The molecule has 1 aliphatic carbocycles. The third-order valence-electron chi connectivity index (χ3n) is 3.57. The number of amides is 2. The summed E-state index contributed by atoms with van der Waals surface area (Å²) in [5.41, 5.74) is 0. The molecule has 1 aliphatic rings. The zero-order valence-corrected chi connectivity index (χ0v) is 15.0. The van der Waals surface area contributed by atoms with Crippen molar-refractivity contribution in [3.63, 3.8) is 0 Å². The summed E-state index contributed by atoms with van der Waals surface area (Å²) in [5, 5.41) is 8.38. The Morgan fingerprint density at radius 1 is 1.46 bits per heavy atom. The molecular weight excluding hydrogens is 346 g/mol. The Morgan fingerprint density at radius 3 is 2.92 bits per heavy atom. The van der Waals surface area contributed by atoms with Crippen molar-refractivity contribution in [1.29, 1.82) is 0 Å². The lowest BCUT2D eigenvalue weighted by molar-refractivity contribution is -0.129. The van der Waals surface area contributed by atoms with E-state index in [1.807, 2.05) is 22.4 Å². The third kappa shape index (κ3) is 4.85. The van der Waals surface area contributed by atoms with Crippen molar-refractivity contribution in [2.75, 3.05) is 16.8 Å². The molecule has 3 rings (SSSR count). The molecule has 0 spiro atoms. The molecule has 1 fully saturated rings. The summed E-state index contributed by atoms with van der Waals surface area (Å²) in [6, 6.07) is 6.07. The standard InChI is InChI=1S/C16H19N3O3S2/c1-11-7-14(18-22-11)17-15(20)9-23-10-16(21)19(12-4-5-12)8-13-3-2-6-24-13/h2-3,6-7,12H,4-5,8-10H2,1H3,(H,17,18,20). The zero-order valence-electron chi connectivity index (χ0n) is 13.4. The van der Waals surface area contributed by atoms with Crippen LogP contribution in [0.15, 0.2) is 28.1 Å². The van der Waals surface area contributed by atoms with Crippen LogP contribution in [0.5, 0.6) is 0 Å². The number of thioether (sulfide) groups is 1. The van der Waals surface area contributed by atoms with Gasteiger partial charge in [-0.3, -0.25) is 9.59 Å². The minimum Gasteiger partial charge on any atom is -0.360 e. The Bertz CT molecular complexity index is 695. The van der Waals surface area contributed by atoms with Crippen LogP contribution in [-0.2, 0) is 16.1 Å². The predicted molar refractivity (Wildman–Crippen MR) is 95.1 cm³/mol. The van der Waals surface area contributed by atoms with Gasteiger partial charge >= 0.3 is 0 Å². The summed E-state index contributed by atoms with van der Waals surface area (Å²) in [7, 11) is 0. The molecule has 1 saturated carbocycles. The molecule has 0 aliphatic heterocycles. The maximum atomic E-state index is 12.4. The van der Waals surface area contributed by atoms with Crippen molar-refractivity contribution in [1.82, 2.24) is 10.1 Å². The number of hydrogen-bond acceptors (Lipinski definition) is 6. The fourth-order valence-corrected chi connectivity index (χ4v) is 3.70. The molecule has 1 N–H and O–H groups in total. The molecule has 0 saturated heterocycles. The van der Waals surface area contributed by atoms with Crippen LogP contribution in [0.4, 0.5) is 5.82 Å². The molecule has 2 aromatic rings. The lowest BCUT2D eigenvalue weighted by atomic mass is 10.4. The van der Waals surface area contributed by atoms with Gasteiger partial charge in [0.2, 0.25) is 11.8 Å². The molecule has 0 aromatic carbocycles. The normalized spacial score (nSPS) is 13.7. The molecule has 2 amide bonds. The second-order valence-corrected chi connectivity index (χ2v) is 7.71. The molecule has 8 heteroatoms. The van der Waals surface area contributed by atoms with Gasteiger partial charge in [0.05, 0.1) is 18.1 Å². The van der Waals surface area contributed by atoms with E-state index in [0.717, 1.165) is 12.8 Å². The summed E-state index contributed by atoms with van der Waals surface area (Å²) in [4.78, 5) is 27.4. The number of carbonyl (C=O) groups is 2. The second kappa shape index (κ2) is 7.85. The van der Waals surface area contributed by atoms with Gasteiger partial charge in [0.15, 0.2) is 5.82 Å². The predicted octanol–water partition coefficient (Wildman–Crippen LogP) is 2.91. The van der Waals surface area contributed by atoms with E-state index < -0.39 is 0 Å². The topological polar surface area (TPSA) is 75.4 Å². The van der Waals surface area contributed by atoms with E-state index >= 15 is 0 Å². The van der Waals surface area contributed by atoms with Crippen molar-refractivity contribution in [3.8, 4) is 0 Å². The number of thiophene rings is 1. The lowest BCUT2D eigenvalue weighted by Gasteiger charge is -2.21. The van der Waals surface area contributed by atoms with Crippen LogP contribution >= 0.6 is 23.1 Å². The van der Waals surface area contributed by atoms with Crippen LogP contribution < -0.4 is 5.32 Å². The van der Waals surface area contributed by atoms with Crippen molar-refractivity contribution >= 4 is 40.7 Å². The highest BCUT2D eigenvalue weighted by Crippen LogP contribution is 2.29. The van der Waals surface area contributed by atoms with Crippen LogP contribution in [-0.4, -0.2) is 39.4 Å². The third-order valence-corrected chi connectivity index (χ3v) is 5.35. The quantitative estimate of drug-likeness (QED) is 0.778. The summed E-state index contributed by atoms with van der Waals surface area (Å²) < 4.78 is 4.89. The fraction of sp³-hybridized carbons (Fsp3) is 0.438. The first kappa shape index (κ1) is 17.0. The molecule has 2 heterocycles. The maximum absolute atomic E-state index is 12.4. The Balaban J connectivity index is 1.43. The first-order chi connectivity index (χ1) is 11.6. The number of anilines is 1. The van der Waals surface area contributed by atoms with Crippen LogP contribution in [0.1, 0.15) is 23.5 Å². The van der Waals surface area contributed by atoms with E-state index in [1.54, 1.807) is 24.3 Å². The molecule has 128 valence electrons. The summed E-state index contributed by atoms with van der Waals surface area (Å²) in [6.45, 7) is 2.43. The molecule has 6 nitrogen and oxygen atoms in total. The minimum atomic E-state index is -0.183. The van der Waals surface area contributed by atoms with E-state index in [0.29, 0.717) is 29.9 Å². The van der Waals surface area contributed by atoms with Gasteiger partial charge in [-0.05, 0) is 31.2 Å². The maximum Gasteiger partial charge on any atom is 0.235 e. The Hall–Kier alpha value is -1.80. The highest BCUT2D eigenvalue weighted by molar-refractivity contribution is 8.00. The fourth-order valence-electron chi connectivity index (χ4n) is 2.30. The zero-order chi connectivity index (χ0) is 16.9. The van der Waals surface area contributed by atoms with E-state index in [4.69, 9.17) is 4.52 Å². The smallest absolute Gasteiger partial charge is 0.235 e. The van der Waals surface area contributed by atoms with E-state index in [1.165, 1.54) is 16.6 Å². The Labute approximate surface area is 148 Å². The summed E-state index contributed by atoms with van der Waals surface area (Å²) in [6.07, 6.45) is 2.15. The van der Waals surface area contributed by atoms with Gasteiger partial charge in [0.25, 0.3) is 0 Å². The molecule has 0 atom stereocenters. The van der Waals surface area contributed by atoms with E-state index in [-0.39, 0.29) is 17.6 Å². The van der Waals surface area contributed by atoms with Crippen molar-refractivity contribution < 1.29 is 14.1 Å². The summed E-state index contributed by atoms with van der Waals surface area (Å²) >= 11 is 2.99. The average molecular weight is 365 g/mol. The number of carbonyl (C=O) groups excluding carboxylic acids is 2. The lowest BCUT2D eigenvalue weighted by Crippen LogP contribution is -2.34. The highest BCUT2D eigenvalue weighted by Gasteiger charge is 2.32. The van der Waals surface area contributed by atoms with Gasteiger partial charge in [0.1, 0.15) is 5.76 Å². The van der Waals surface area contributed by atoms with Gasteiger partial charge < -0.3 is 14.7 Å². The second-order valence-electron chi connectivity index (χ2n) is 5.70. The van der Waals surface area contributed by atoms with Crippen LogP contribution in [0.3, 0.4) is 0 Å². The largest absolute Gasteiger partial charge is 0.360 e. The Kier molecular flexibility index (Phi) is 5.57. The number of nitrogens with one attached hydrogen (secondary N) is 1. The first-order valence-electron chi connectivity index (χ1n) is 7.74. The number of nitrogens with zero attached hydrogens (tertiary/aromatic N) is 2. The van der Waals surface area contributed by atoms with Crippen LogP contribution in [0, 0.1) is 6.92 Å². The van der Waals surface area contributed by atoms with E-state index in [2.05, 4.69) is 10.5 Å². The molecule has 2 aromatic heterocycles. The molecule has 0 radical (unpaired) electrons. The van der Waals surface area contributed by atoms with Crippen molar-refractivity contribution in [2.45, 2.75) is 32.4 Å². The SMILES string of the molecule is Cc1cc(NC(=O)CSCC(=O)N(Cc2cccs2)C2CC2)no1. The number of aryl methyl sites for hydroxylation is 1. The van der Waals surface area contributed by atoms with Gasteiger partial charge in [0, 0.05) is 17.0 Å². The number of aromatic nitrogens is 1. The molecule has 0 unspecified atom stereocenters. The van der Waals surface area contributed by atoms with Crippen molar-refractivity contribution in [3.05, 3.63) is 34.2 Å². The Morgan fingerprint density at radius 2 is 2.29 bits per heavy atom. The van der Waals surface area contributed by atoms with E-state index in [9.17, 15) is 9.59 Å². The van der Waals surface area contributed by atoms with Crippen LogP contribution in [0.25, 0.3) is 0 Å². The first-order valence-corrected chi connectivity index (χ1v) is 9.78. The van der Waals surface area contributed by atoms with Crippen molar-refractivity contribution in [2.24, 2.45) is 0 Å². The van der Waals surface area contributed by atoms with Crippen LogP contribution in [0.2, 0.25) is 0 Å². The number of rotatable bonds is 8. The van der Waals surface area contributed by atoms with Gasteiger partial charge in [-0.2, -0.15) is 0 Å². The molecular formula is C16H19N3O3S2. The van der Waals surface area contributed by atoms with Gasteiger partial charge in [-0.25, -0.2) is 0 Å². The monoisotopic (exact) mass is 365 g/mol. The highest BCUT2D eigenvalue weighted by atomic mass is 32.2. The minimum absolute atomic E-state index is 0.0981. The summed E-state index contributed by atoms with van der Waals surface area (Å²) in [5.74, 6) is 1.49. The molecule has 24 heavy (non-hydrogen) atoms. The average Bonchev–Trinajstić information content (AvgIpc) is 3.09. The number of hydrogen-bond donors (Lipinski definition) is 1. The van der Waals surface area contributed by atoms with Gasteiger partial charge in [-0.1, -0.05) is 11.2 Å². The molecule has 0 bridgehead atoms.